The molecule has 0 atom stereocenters. The summed E-state index contributed by atoms with van der Waals surface area (Å²) in [7, 11) is 1.68. The van der Waals surface area contributed by atoms with E-state index in [1.54, 1.807) is 7.11 Å². The van der Waals surface area contributed by atoms with Gasteiger partial charge in [0, 0.05) is 12.5 Å². The van der Waals surface area contributed by atoms with Gasteiger partial charge >= 0.3 is 0 Å². The molecule has 2 aromatic rings. The van der Waals surface area contributed by atoms with Crippen molar-refractivity contribution < 1.29 is 9.47 Å². The number of methoxy groups -OCH3 is 1. The van der Waals surface area contributed by atoms with Gasteiger partial charge in [0.1, 0.15) is 12.4 Å². The zero-order valence-corrected chi connectivity index (χ0v) is 14.1. The zero-order valence-electron chi connectivity index (χ0n) is 14.1. The summed E-state index contributed by atoms with van der Waals surface area (Å²) in [5.74, 6) is 0.887. The third kappa shape index (κ3) is 3.89. The Hall–Kier alpha value is -1.80. The molecule has 0 N–H and O–H groups in total. The van der Waals surface area contributed by atoms with Gasteiger partial charge in [-0.2, -0.15) is 0 Å². The van der Waals surface area contributed by atoms with E-state index in [0.29, 0.717) is 13.2 Å². The molecule has 0 radical (unpaired) electrons. The molecule has 2 rings (SSSR count). The van der Waals surface area contributed by atoms with Crippen molar-refractivity contribution in [1.29, 1.82) is 0 Å². The van der Waals surface area contributed by atoms with Gasteiger partial charge in [0.05, 0.1) is 6.61 Å². The Morgan fingerprint density at radius 3 is 1.86 bits per heavy atom. The maximum atomic E-state index is 5.63. The van der Waals surface area contributed by atoms with Gasteiger partial charge in [0.15, 0.2) is 0 Å². The monoisotopic (exact) mass is 298 g/mol. The number of rotatable bonds is 7. The fourth-order valence-corrected chi connectivity index (χ4v) is 2.53. The van der Waals surface area contributed by atoms with Crippen LogP contribution in [0.15, 0.2) is 48.5 Å². The SMILES string of the molecule is CCc1ccc(C(C)(C)c2ccc(OCCOC)cc2)cc1. The summed E-state index contributed by atoms with van der Waals surface area (Å²) in [6, 6.07) is 17.3. The molecule has 0 unspecified atom stereocenters. The normalized spacial score (nSPS) is 11.5. The number of hydrogen-bond donors (Lipinski definition) is 0. The van der Waals surface area contributed by atoms with Gasteiger partial charge in [-0.25, -0.2) is 0 Å². The van der Waals surface area contributed by atoms with Crippen molar-refractivity contribution in [3.05, 3.63) is 65.2 Å². The summed E-state index contributed by atoms with van der Waals surface area (Å²) in [6.45, 7) is 7.89. The second-order valence-corrected chi connectivity index (χ2v) is 6.04. The lowest BCUT2D eigenvalue weighted by atomic mass is 9.78. The van der Waals surface area contributed by atoms with Crippen LogP contribution in [0, 0.1) is 0 Å². The van der Waals surface area contributed by atoms with Gasteiger partial charge in [-0.15, -0.1) is 0 Å². The van der Waals surface area contributed by atoms with E-state index in [1.807, 2.05) is 12.1 Å². The molecule has 0 aromatic heterocycles. The van der Waals surface area contributed by atoms with E-state index in [-0.39, 0.29) is 5.41 Å². The van der Waals surface area contributed by atoms with Crippen LogP contribution in [-0.4, -0.2) is 20.3 Å². The number of benzene rings is 2. The number of aryl methyl sites for hydroxylation is 1. The molecule has 118 valence electrons. The van der Waals surface area contributed by atoms with Crippen molar-refractivity contribution >= 4 is 0 Å². The number of ether oxygens (including phenoxy) is 2. The van der Waals surface area contributed by atoms with Crippen molar-refractivity contribution in [3.8, 4) is 5.75 Å². The van der Waals surface area contributed by atoms with E-state index >= 15 is 0 Å². The molecule has 0 aliphatic carbocycles. The molecule has 0 amide bonds. The first-order valence-electron chi connectivity index (χ1n) is 7.89. The maximum absolute atomic E-state index is 5.63. The van der Waals surface area contributed by atoms with Crippen molar-refractivity contribution in [3.63, 3.8) is 0 Å². The van der Waals surface area contributed by atoms with Crippen LogP contribution < -0.4 is 4.74 Å². The summed E-state index contributed by atoms with van der Waals surface area (Å²) < 4.78 is 10.6. The fraction of sp³-hybridized carbons (Fsp3) is 0.400. The Bertz CT molecular complexity index is 568. The van der Waals surface area contributed by atoms with E-state index < -0.39 is 0 Å². The zero-order chi connectivity index (χ0) is 16.0. The smallest absolute Gasteiger partial charge is 0.119 e. The molecule has 0 aliphatic heterocycles. The molecule has 2 heteroatoms. The quantitative estimate of drug-likeness (QED) is 0.695. The molecule has 0 heterocycles. The molecule has 22 heavy (non-hydrogen) atoms. The van der Waals surface area contributed by atoms with Gasteiger partial charge in [-0.05, 0) is 35.2 Å². The van der Waals surface area contributed by atoms with E-state index in [4.69, 9.17) is 9.47 Å². The number of hydrogen-bond acceptors (Lipinski definition) is 2. The van der Waals surface area contributed by atoms with Crippen LogP contribution in [0.25, 0.3) is 0 Å². The van der Waals surface area contributed by atoms with Crippen LogP contribution in [0.1, 0.15) is 37.5 Å². The van der Waals surface area contributed by atoms with Crippen molar-refractivity contribution in [2.75, 3.05) is 20.3 Å². The summed E-state index contributed by atoms with van der Waals surface area (Å²) in [5.41, 5.74) is 3.98. The summed E-state index contributed by atoms with van der Waals surface area (Å²) in [4.78, 5) is 0. The van der Waals surface area contributed by atoms with Gasteiger partial charge in [0.25, 0.3) is 0 Å². The highest BCUT2D eigenvalue weighted by Crippen LogP contribution is 2.32. The first-order valence-corrected chi connectivity index (χ1v) is 7.89. The standard InChI is InChI=1S/C20H26O2/c1-5-16-6-8-17(9-7-16)20(2,3)18-10-12-19(13-11-18)22-15-14-21-4/h6-13H,5,14-15H2,1-4H3. The van der Waals surface area contributed by atoms with E-state index in [2.05, 4.69) is 57.2 Å². The van der Waals surface area contributed by atoms with Crippen LogP contribution in [-0.2, 0) is 16.6 Å². The van der Waals surface area contributed by atoms with Crippen LogP contribution in [0.5, 0.6) is 5.75 Å². The first kappa shape index (κ1) is 16.6. The molecular formula is C20H26O2. The highest BCUT2D eigenvalue weighted by molar-refractivity contribution is 5.40. The lowest BCUT2D eigenvalue weighted by molar-refractivity contribution is 0.146. The molecule has 2 nitrogen and oxygen atoms in total. The summed E-state index contributed by atoms with van der Waals surface area (Å²) in [6.07, 6.45) is 1.08. The van der Waals surface area contributed by atoms with E-state index in [1.165, 1.54) is 16.7 Å². The Morgan fingerprint density at radius 1 is 0.818 bits per heavy atom. The molecule has 0 fully saturated rings. The van der Waals surface area contributed by atoms with Gasteiger partial charge in [-0.1, -0.05) is 57.2 Å². The Kier molecular flexibility index (Phi) is 5.62. The van der Waals surface area contributed by atoms with Gasteiger partial charge in [-0.3, -0.25) is 0 Å². The van der Waals surface area contributed by atoms with Crippen molar-refractivity contribution in [1.82, 2.24) is 0 Å². The predicted octanol–water partition coefficient (Wildman–Crippen LogP) is 4.60. The topological polar surface area (TPSA) is 18.5 Å². The Morgan fingerprint density at radius 2 is 1.36 bits per heavy atom. The van der Waals surface area contributed by atoms with Crippen LogP contribution >= 0.6 is 0 Å². The minimum Gasteiger partial charge on any atom is -0.491 e. The summed E-state index contributed by atoms with van der Waals surface area (Å²) >= 11 is 0. The Labute approximate surface area is 134 Å². The van der Waals surface area contributed by atoms with Crippen LogP contribution in [0.3, 0.4) is 0 Å². The highest BCUT2D eigenvalue weighted by Gasteiger charge is 2.22. The third-order valence-corrected chi connectivity index (χ3v) is 4.22. The highest BCUT2D eigenvalue weighted by atomic mass is 16.5. The van der Waals surface area contributed by atoms with Crippen LogP contribution in [0.4, 0.5) is 0 Å². The lowest BCUT2D eigenvalue weighted by Gasteiger charge is -2.26. The van der Waals surface area contributed by atoms with E-state index in [9.17, 15) is 0 Å². The molecule has 0 bridgehead atoms. The minimum absolute atomic E-state index is 0.0165. The molecule has 0 saturated heterocycles. The summed E-state index contributed by atoms with van der Waals surface area (Å²) in [5, 5.41) is 0. The van der Waals surface area contributed by atoms with E-state index in [0.717, 1.165) is 12.2 Å². The molecule has 2 aromatic carbocycles. The minimum atomic E-state index is -0.0165. The van der Waals surface area contributed by atoms with Gasteiger partial charge < -0.3 is 9.47 Å². The predicted molar refractivity (Wildman–Crippen MR) is 91.8 cm³/mol. The first-order chi connectivity index (χ1) is 10.6. The molecule has 0 aliphatic rings. The fourth-order valence-electron chi connectivity index (χ4n) is 2.53. The Balaban J connectivity index is 2.14. The average Bonchev–Trinajstić information content (AvgIpc) is 2.55. The largest absolute Gasteiger partial charge is 0.491 e. The van der Waals surface area contributed by atoms with Crippen molar-refractivity contribution in [2.24, 2.45) is 0 Å². The van der Waals surface area contributed by atoms with Crippen LogP contribution in [0.2, 0.25) is 0 Å². The maximum Gasteiger partial charge on any atom is 0.119 e. The molecule has 0 saturated carbocycles. The molecule has 0 spiro atoms. The lowest BCUT2D eigenvalue weighted by Crippen LogP contribution is -2.18. The van der Waals surface area contributed by atoms with Gasteiger partial charge in [0.2, 0.25) is 0 Å². The third-order valence-electron chi connectivity index (χ3n) is 4.22. The second-order valence-electron chi connectivity index (χ2n) is 6.04. The average molecular weight is 298 g/mol. The van der Waals surface area contributed by atoms with Crippen molar-refractivity contribution in [2.45, 2.75) is 32.6 Å². The molecular weight excluding hydrogens is 272 g/mol. The second kappa shape index (κ2) is 7.46.